The maximum absolute atomic E-state index is 12.2. The second-order valence-corrected chi connectivity index (χ2v) is 4.29. The number of hydrazine groups is 1. The lowest BCUT2D eigenvalue weighted by Crippen LogP contribution is -2.45. The van der Waals surface area contributed by atoms with Crippen LogP contribution in [0.1, 0.15) is 5.56 Å². The van der Waals surface area contributed by atoms with Crippen molar-refractivity contribution in [1.82, 2.24) is 15.8 Å². The average Bonchev–Trinajstić information content (AvgIpc) is 2.83. The Kier molecular flexibility index (Phi) is 2.62. The number of carbonyl (C=O) groups is 1. The van der Waals surface area contributed by atoms with Gasteiger partial charge in [-0.25, -0.2) is 5.43 Å². The third-order valence-electron chi connectivity index (χ3n) is 3.12. The van der Waals surface area contributed by atoms with Crippen molar-refractivity contribution in [3.8, 4) is 0 Å². The maximum atomic E-state index is 12.2. The molecule has 5 heteroatoms. The van der Waals surface area contributed by atoms with Crippen LogP contribution in [0.4, 0.5) is 0 Å². The van der Waals surface area contributed by atoms with Gasteiger partial charge in [0, 0.05) is 6.54 Å². The molecule has 0 aromatic heterocycles. The molecule has 2 N–H and O–H groups in total. The van der Waals surface area contributed by atoms with Gasteiger partial charge in [-0.2, -0.15) is 0 Å². The predicted molar refractivity (Wildman–Crippen MR) is 63.9 cm³/mol. The summed E-state index contributed by atoms with van der Waals surface area (Å²) in [6, 6.07) is 9.94. The Labute approximate surface area is 99.5 Å². The fraction of sp³-hybridized carbons (Fsp3) is 0.333. The Balaban J connectivity index is 1.76. The molecule has 2 aliphatic rings. The Morgan fingerprint density at radius 2 is 2.18 bits per heavy atom. The summed E-state index contributed by atoms with van der Waals surface area (Å²) in [4.78, 5) is 18.2. The van der Waals surface area contributed by atoms with Gasteiger partial charge >= 0.3 is 0 Å². The van der Waals surface area contributed by atoms with Crippen LogP contribution in [0.5, 0.6) is 0 Å². The first-order valence-electron chi connectivity index (χ1n) is 5.71. The van der Waals surface area contributed by atoms with E-state index in [-0.39, 0.29) is 18.0 Å². The van der Waals surface area contributed by atoms with Gasteiger partial charge in [-0.1, -0.05) is 30.3 Å². The van der Waals surface area contributed by atoms with E-state index in [1.807, 2.05) is 30.3 Å². The van der Waals surface area contributed by atoms with Gasteiger partial charge in [-0.15, -0.1) is 0 Å². The predicted octanol–water partition coefficient (Wildman–Crippen LogP) is 0.107. The molecule has 1 fully saturated rings. The van der Waals surface area contributed by atoms with Crippen molar-refractivity contribution in [3.05, 3.63) is 35.9 Å². The zero-order chi connectivity index (χ0) is 11.7. The van der Waals surface area contributed by atoms with Crippen LogP contribution in [0.2, 0.25) is 0 Å². The van der Waals surface area contributed by atoms with Crippen LogP contribution >= 0.6 is 0 Å². The molecule has 1 saturated heterocycles. The Morgan fingerprint density at radius 3 is 3.00 bits per heavy atom. The van der Waals surface area contributed by atoms with E-state index in [1.165, 1.54) is 0 Å². The molecule has 2 aliphatic heterocycles. The molecule has 0 saturated carbocycles. The molecule has 1 amide bonds. The second kappa shape index (κ2) is 4.27. The van der Waals surface area contributed by atoms with Crippen LogP contribution in [-0.4, -0.2) is 29.9 Å². The molecule has 0 aliphatic carbocycles. The highest BCUT2D eigenvalue weighted by molar-refractivity contribution is 5.92. The van der Waals surface area contributed by atoms with Gasteiger partial charge in [-0.3, -0.25) is 20.1 Å². The van der Waals surface area contributed by atoms with Crippen molar-refractivity contribution in [3.63, 3.8) is 0 Å². The molecule has 3 rings (SSSR count). The summed E-state index contributed by atoms with van der Waals surface area (Å²) in [6.07, 6.45) is 1.53. The number of aliphatic imine (C=N–C) groups is 1. The van der Waals surface area contributed by atoms with Crippen LogP contribution in [0.3, 0.4) is 0 Å². The van der Waals surface area contributed by atoms with E-state index in [4.69, 9.17) is 0 Å². The summed E-state index contributed by atoms with van der Waals surface area (Å²) in [5.41, 5.74) is 7.06. The Morgan fingerprint density at radius 1 is 1.35 bits per heavy atom. The fourth-order valence-corrected chi connectivity index (χ4v) is 2.17. The molecular formula is C12H14N4O. The van der Waals surface area contributed by atoms with Crippen molar-refractivity contribution in [1.29, 1.82) is 0 Å². The number of carbonyl (C=O) groups excluding carboxylic acids is 1. The minimum absolute atomic E-state index is 0.0799. The lowest BCUT2D eigenvalue weighted by atomic mass is 10.0. The van der Waals surface area contributed by atoms with Gasteiger partial charge in [0.1, 0.15) is 6.17 Å². The Bertz CT molecular complexity index is 445. The highest BCUT2D eigenvalue weighted by Crippen LogP contribution is 2.18. The Hall–Kier alpha value is -1.72. The third-order valence-corrected chi connectivity index (χ3v) is 3.12. The van der Waals surface area contributed by atoms with E-state index in [9.17, 15) is 4.79 Å². The number of hydrogen-bond acceptors (Lipinski definition) is 4. The van der Waals surface area contributed by atoms with Crippen molar-refractivity contribution in [2.45, 2.75) is 12.7 Å². The van der Waals surface area contributed by atoms with Crippen LogP contribution in [0, 0.1) is 5.92 Å². The molecular weight excluding hydrogens is 216 g/mol. The maximum Gasteiger partial charge on any atom is 0.236 e. The standard InChI is InChI=1S/C12H14N4O/c17-12-10-6-14-15-11(10)13-8-16(12)7-9-4-2-1-3-5-9/h1-5,8,10-11,14-15H,6-7H2. The van der Waals surface area contributed by atoms with Gasteiger partial charge in [0.25, 0.3) is 0 Å². The van der Waals surface area contributed by atoms with Crippen LogP contribution in [0.15, 0.2) is 35.3 Å². The summed E-state index contributed by atoms with van der Waals surface area (Å²) >= 11 is 0. The molecule has 0 radical (unpaired) electrons. The van der Waals surface area contributed by atoms with Gasteiger partial charge < -0.3 is 0 Å². The number of nitrogens with zero attached hydrogens (tertiary/aromatic N) is 2. The molecule has 0 spiro atoms. The number of nitrogens with one attached hydrogen (secondary N) is 2. The van der Waals surface area contributed by atoms with Crippen molar-refractivity contribution < 1.29 is 4.79 Å². The summed E-state index contributed by atoms with van der Waals surface area (Å²) in [5, 5.41) is 0. The first-order chi connectivity index (χ1) is 8.34. The zero-order valence-corrected chi connectivity index (χ0v) is 9.34. The second-order valence-electron chi connectivity index (χ2n) is 4.29. The smallest absolute Gasteiger partial charge is 0.236 e. The van der Waals surface area contributed by atoms with Crippen molar-refractivity contribution >= 4 is 12.2 Å². The number of hydrogen-bond donors (Lipinski definition) is 2. The lowest BCUT2D eigenvalue weighted by molar-refractivity contribution is -0.132. The first-order valence-corrected chi connectivity index (χ1v) is 5.71. The number of amides is 1. The number of benzene rings is 1. The van der Waals surface area contributed by atoms with Crippen LogP contribution in [-0.2, 0) is 11.3 Å². The van der Waals surface area contributed by atoms with Gasteiger partial charge in [0.2, 0.25) is 5.91 Å². The topological polar surface area (TPSA) is 56.7 Å². The molecule has 1 aromatic carbocycles. The van der Waals surface area contributed by atoms with E-state index in [1.54, 1.807) is 11.2 Å². The summed E-state index contributed by atoms with van der Waals surface area (Å²) in [5.74, 6) is 0.0510. The molecule has 5 nitrogen and oxygen atoms in total. The lowest BCUT2D eigenvalue weighted by Gasteiger charge is -2.27. The van der Waals surface area contributed by atoms with Crippen molar-refractivity contribution in [2.75, 3.05) is 6.54 Å². The first kappa shape index (κ1) is 10.4. The monoisotopic (exact) mass is 230 g/mol. The van der Waals surface area contributed by atoms with Crippen molar-refractivity contribution in [2.24, 2.45) is 10.9 Å². The van der Waals surface area contributed by atoms with E-state index in [0.29, 0.717) is 13.1 Å². The molecule has 1 aromatic rings. The van der Waals surface area contributed by atoms with Crippen LogP contribution in [0.25, 0.3) is 0 Å². The van der Waals surface area contributed by atoms with Gasteiger partial charge in [0.15, 0.2) is 0 Å². The highest BCUT2D eigenvalue weighted by atomic mass is 16.2. The van der Waals surface area contributed by atoms with Gasteiger partial charge in [-0.05, 0) is 5.56 Å². The minimum Gasteiger partial charge on any atom is -0.298 e. The zero-order valence-electron chi connectivity index (χ0n) is 9.34. The van der Waals surface area contributed by atoms with Gasteiger partial charge in [0.05, 0.1) is 18.8 Å². The summed E-state index contributed by atoms with van der Waals surface area (Å²) in [7, 11) is 0. The fourth-order valence-electron chi connectivity index (χ4n) is 2.17. The molecule has 2 atom stereocenters. The summed E-state index contributed by atoms with van der Waals surface area (Å²) < 4.78 is 0. The average molecular weight is 230 g/mol. The van der Waals surface area contributed by atoms with E-state index < -0.39 is 0 Å². The third kappa shape index (κ3) is 1.94. The number of fused-ring (bicyclic) bond motifs is 1. The van der Waals surface area contributed by atoms with Crippen LogP contribution < -0.4 is 10.9 Å². The quantitative estimate of drug-likeness (QED) is 0.758. The molecule has 2 heterocycles. The highest BCUT2D eigenvalue weighted by Gasteiger charge is 2.37. The molecule has 0 bridgehead atoms. The summed E-state index contributed by atoms with van der Waals surface area (Å²) in [6.45, 7) is 1.23. The minimum atomic E-state index is -0.102. The molecule has 17 heavy (non-hydrogen) atoms. The van der Waals surface area contributed by atoms with E-state index >= 15 is 0 Å². The SMILES string of the molecule is O=C1C2CNNC2N=CN1Cc1ccccc1. The van der Waals surface area contributed by atoms with E-state index in [2.05, 4.69) is 15.8 Å². The van der Waals surface area contributed by atoms with E-state index in [0.717, 1.165) is 5.56 Å². The normalized spacial score (nSPS) is 27.3. The number of rotatable bonds is 2. The largest absolute Gasteiger partial charge is 0.298 e. The molecule has 2 unspecified atom stereocenters. The molecule has 88 valence electrons.